The third kappa shape index (κ3) is 9.29. The molecule has 0 unspecified atom stereocenters. The number of carbonyl (C=O) groups is 1. The molecule has 0 atom stereocenters. The summed E-state index contributed by atoms with van der Waals surface area (Å²) >= 11 is 0. The number of aryl methyl sites for hydroxylation is 1. The predicted octanol–water partition coefficient (Wildman–Crippen LogP) is 5.84. The van der Waals surface area contributed by atoms with Gasteiger partial charge in [0.1, 0.15) is 0 Å². The maximum Gasteiger partial charge on any atom is 0.159 e. The molecule has 29 heavy (non-hydrogen) atoms. The Kier molecular flexibility index (Phi) is 11.2. The zero-order chi connectivity index (χ0) is 20.2. The number of aromatic nitrogens is 1. The van der Waals surface area contributed by atoms with Crippen LogP contribution < -0.4 is 0 Å². The van der Waals surface area contributed by atoms with E-state index in [1.54, 1.807) is 12.3 Å². The second kappa shape index (κ2) is 13.4. The number of rotatable bonds is 6. The van der Waals surface area contributed by atoms with Crippen molar-refractivity contribution >= 4 is 11.9 Å². The Bertz CT molecular complexity index is 863. The minimum Gasteiger partial charge on any atom is -0.512 e. The van der Waals surface area contributed by atoms with Gasteiger partial charge >= 0.3 is 0 Å². The zero-order valence-corrected chi connectivity index (χ0v) is 18.7. The van der Waals surface area contributed by atoms with Gasteiger partial charge in [-0.3, -0.25) is 4.79 Å². The van der Waals surface area contributed by atoms with Crippen LogP contribution in [0.25, 0.3) is 17.3 Å². The number of pyridine rings is 1. The molecular formula is C25H24IrNO2-. The number of allylic oxidation sites excluding steroid dienone is 2. The van der Waals surface area contributed by atoms with Gasteiger partial charge in [0, 0.05) is 38.8 Å². The summed E-state index contributed by atoms with van der Waals surface area (Å²) in [4.78, 5) is 15.5. The fourth-order valence-corrected chi connectivity index (χ4v) is 2.47. The fraction of sp³-hybridized carbons (Fsp3) is 0.120. The minimum absolute atomic E-state index is 0. The Hall–Kier alpha value is -2.81. The minimum atomic E-state index is -0.0483. The Morgan fingerprint density at radius 1 is 1.10 bits per heavy atom. The van der Waals surface area contributed by atoms with Gasteiger partial charge in [-0.25, -0.2) is 0 Å². The first-order chi connectivity index (χ1) is 13.6. The largest absolute Gasteiger partial charge is 0.512 e. The molecule has 0 fully saturated rings. The Labute approximate surface area is 186 Å². The smallest absolute Gasteiger partial charge is 0.159 e. The van der Waals surface area contributed by atoms with E-state index in [4.69, 9.17) is 5.11 Å². The summed E-state index contributed by atoms with van der Waals surface area (Å²) < 4.78 is 0. The van der Waals surface area contributed by atoms with Gasteiger partial charge in [-0.1, -0.05) is 49.1 Å². The molecule has 1 radical (unpaired) electrons. The molecule has 0 saturated carbocycles. The van der Waals surface area contributed by atoms with Gasteiger partial charge < -0.3 is 10.1 Å². The van der Waals surface area contributed by atoms with Crippen molar-refractivity contribution in [2.24, 2.45) is 0 Å². The molecule has 3 aromatic rings. The summed E-state index contributed by atoms with van der Waals surface area (Å²) in [5.74, 6) is 0.0137. The Morgan fingerprint density at radius 3 is 2.38 bits per heavy atom. The number of aliphatic hydroxyl groups is 1. The molecule has 2 aromatic carbocycles. The molecule has 0 aliphatic rings. The van der Waals surface area contributed by atoms with Gasteiger partial charge in [0.05, 0.1) is 5.76 Å². The van der Waals surface area contributed by atoms with Gasteiger partial charge in [0.2, 0.25) is 0 Å². The van der Waals surface area contributed by atoms with Gasteiger partial charge in [-0.2, -0.15) is 0 Å². The van der Waals surface area contributed by atoms with Crippen molar-refractivity contribution in [1.82, 2.24) is 4.98 Å². The van der Waals surface area contributed by atoms with Crippen molar-refractivity contribution in [3.63, 3.8) is 0 Å². The van der Waals surface area contributed by atoms with Crippen molar-refractivity contribution in [2.45, 2.75) is 19.8 Å². The van der Waals surface area contributed by atoms with E-state index < -0.39 is 0 Å². The summed E-state index contributed by atoms with van der Waals surface area (Å²) in [5.41, 5.74) is 4.19. The summed E-state index contributed by atoms with van der Waals surface area (Å²) in [6.07, 6.45) is 5.95. The molecule has 1 N–H and O–H groups in total. The molecule has 0 aliphatic carbocycles. The monoisotopic (exact) mass is 563 g/mol. The Morgan fingerprint density at radius 2 is 1.83 bits per heavy atom. The molecule has 4 heteroatoms. The topological polar surface area (TPSA) is 50.2 Å². The van der Waals surface area contributed by atoms with E-state index in [2.05, 4.69) is 17.6 Å². The van der Waals surface area contributed by atoms with E-state index in [1.165, 1.54) is 13.0 Å². The number of nitrogens with zero attached hydrogens (tertiary/aromatic N) is 1. The molecular weight excluding hydrogens is 538 g/mol. The van der Waals surface area contributed by atoms with Crippen LogP contribution in [0.4, 0.5) is 0 Å². The van der Waals surface area contributed by atoms with Gasteiger partial charge in [-0.05, 0) is 36.2 Å². The average molecular weight is 563 g/mol. The molecule has 3 nitrogen and oxygen atoms in total. The van der Waals surface area contributed by atoms with Crippen LogP contribution in [0.1, 0.15) is 24.5 Å². The summed E-state index contributed by atoms with van der Waals surface area (Å²) in [5, 5.41) is 8.92. The molecule has 1 aromatic heterocycles. The third-order valence-electron chi connectivity index (χ3n) is 3.90. The van der Waals surface area contributed by atoms with Crippen molar-refractivity contribution in [3.05, 3.63) is 109 Å². The Balaban J connectivity index is 0.000000289. The fourth-order valence-electron chi connectivity index (χ4n) is 2.47. The summed E-state index contributed by atoms with van der Waals surface area (Å²) in [6.45, 7) is 5.17. The van der Waals surface area contributed by atoms with Gasteiger partial charge in [0.15, 0.2) is 5.78 Å². The van der Waals surface area contributed by atoms with Crippen molar-refractivity contribution < 1.29 is 30.0 Å². The van der Waals surface area contributed by atoms with Gasteiger partial charge in [0.25, 0.3) is 0 Å². The molecule has 151 valence electrons. The van der Waals surface area contributed by atoms with Crippen molar-refractivity contribution in [2.75, 3.05) is 0 Å². The van der Waals surface area contributed by atoms with Crippen LogP contribution in [0.15, 0.2) is 91.3 Å². The number of ketones is 1. The molecule has 0 amide bonds. The molecule has 0 saturated heterocycles. The van der Waals surface area contributed by atoms with E-state index >= 15 is 0 Å². The predicted molar refractivity (Wildman–Crippen MR) is 115 cm³/mol. The summed E-state index contributed by atoms with van der Waals surface area (Å²) in [6, 6.07) is 24.7. The van der Waals surface area contributed by atoms with Crippen LogP contribution in [0.3, 0.4) is 0 Å². The van der Waals surface area contributed by atoms with Crippen LogP contribution in [0.2, 0.25) is 0 Å². The molecule has 0 spiro atoms. The normalized spacial score (nSPS) is 10.2. The van der Waals surface area contributed by atoms with E-state index in [-0.39, 0.29) is 31.6 Å². The van der Waals surface area contributed by atoms with Crippen LogP contribution in [-0.4, -0.2) is 15.9 Å². The number of hydrogen-bond acceptors (Lipinski definition) is 3. The maximum atomic E-state index is 11.3. The second-order valence-electron chi connectivity index (χ2n) is 6.19. The summed E-state index contributed by atoms with van der Waals surface area (Å²) in [7, 11) is 0. The van der Waals surface area contributed by atoms with Crippen LogP contribution >= 0.6 is 0 Å². The molecule has 0 aliphatic heterocycles. The van der Waals surface area contributed by atoms with Crippen LogP contribution in [0, 0.1) is 6.07 Å². The van der Waals surface area contributed by atoms with Crippen LogP contribution in [-0.2, 0) is 31.3 Å². The quantitative estimate of drug-likeness (QED) is 0.233. The third-order valence-corrected chi connectivity index (χ3v) is 3.90. The first kappa shape index (κ1) is 24.2. The van der Waals surface area contributed by atoms with Crippen molar-refractivity contribution in [3.8, 4) is 11.3 Å². The average Bonchev–Trinajstić information content (AvgIpc) is 2.74. The van der Waals surface area contributed by atoms with Crippen LogP contribution in [0.5, 0.6) is 0 Å². The number of benzene rings is 2. The molecule has 3 rings (SSSR count). The van der Waals surface area contributed by atoms with Gasteiger partial charge in [-0.15, -0.1) is 35.9 Å². The number of carbonyl (C=O) groups excluding carboxylic acids is 1. The van der Waals surface area contributed by atoms with E-state index in [9.17, 15) is 4.79 Å². The van der Waals surface area contributed by atoms with E-state index in [1.807, 2.05) is 66.7 Å². The first-order valence-electron chi connectivity index (χ1n) is 9.08. The number of aliphatic hydroxyl groups excluding tert-OH is 1. The standard InChI is InChI=1S/C14H16O2.C11H8N.Ir/c1-3-12-4-6-13(7-5-12)8-9-14(16)10-11(2)15;1-2-6-10(7-3-1)11-8-4-5-9-12-11;/h3-7,10,15H,1,8-9H2,2H3;1-6,8-9H;/q;-1;/b11-10-;;. The number of hydrogen-bond donors (Lipinski definition) is 1. The second-order valence-corrected chi connectivity index (χ2v) is 6.19. The molecule has 1 heterocycles. The van der Waals surface area contributed by atoms with E-state index in [0.29, 0.717) is 12.8 Å². The maximum absolute atomic E-state index is 11.3. The zero-order valence-electron chi connectivity index (χ0n) is 16.3. The van der Waals surface area contributed by atoms with E-state index in [0.717, 1.165) is 22.4 Å². The first-order valence-corrected chi connectivity index (χ1v) is 9.08. The van der Waals surface area contributed by atoms with Crippen molar-refractivity contribution in [1.29, 1.82) is 0 Å². The molecule has 0 bridgehead atoms. The SMILES string of the molecule is C=Cc1ccc(CCC(=O)/C=C(/C)O)cc1.[Ir].[c-]1ccccc1-c1ccccn1.